The molecule has 0 aliphatic carbocycles. The van der Waals surface area contributed by atoms with Gasteiger partial charge in [0.25, 0.3) is 0 Å². The minimum absolute atomic E-state index is 0.123. The van der Waals surface area contributed by atoms with Gasteiger partial charge in [-0.25, -0.2) is 9.79 Å². The van der Waals surface area contributed by atoms with Crippen molar-refractivity contribution in [1.82, 2.24) is 4.98 Å². The Balaban J connectivity index is 2.28. The average Bonchev–Trinajstić information content (AvgIpc) is 2.54. The maximum absolute atomic E-state index is 10.7. The van der Waals surface area contributed by atoms with Crippen molar-refractivity contribution < 1.29 is 9.53 Å². The molecule has 2 heterocycles. The second-order valence-corrected chi connectivity index (χ2v) is 2.33. The van der Waals surface area contributed by atoms with E-state index in [1.54, 1.807) is 24.5 Å². The van der Waals surface area contributed by atoms with Gasteiger partial charge in [0, 0.05) is 18.0 Å². The third kappa shape index (κ3) is 1.18. The molecule has 0 bridgehead atoms. The topological polar surface area (TPSA) is 51.5 Å². The van der Waals surface area contributed by atoms with E-state index in [0.29, 0.717) is 5.90 Å². The molecule has 1 aromatic heterocycles. The molecule has 0 fully saturated rings. The predicted octanol–water partition coefficient (Wildman–Crippen LogP) is 0.385. The number of pyridine rings is 1. The van der Waals surface area contributed by atoms with Gasteiger partial charge in [-0.05, 0) is 12.1 Å². The van der Waals surface area contributed by atoms with E-state index in [-0.39, 0.29) is 12.5 Å². The van der Waals surface area contributed by atoms with E-state index in [1.165, 1.54) is 0 Å². The molecule has 0 saturated heterocycles. The molecule has 2 rings (SSSR count). The van der Waals surface area contributed by atoms with Gasteiger partial charge in [0.1, 0.15) is 6.54 Å². The standard InChI is InChI=1S/C8H6N2O2/c11-7-5-10-8(12-7)6-1-3-9-4-2-6/h1-4H,5H2. The first-order valence-electron chi connectivity index (χ1n) is 3.52. The van der Waals surface area contributed by atoms with E-state index >= 15 is 0 Å². The van der Waals surface area contributed by atoms with Crippen LogP contribution < -0.4 is 0 Å². The van der Waals surface area contributed by atoms with Crippen molar-refractivity contribution in [3.05, 3.63) is 30.1 Å². The summed E-state index contributed by atoms with van der Waals surface area (Å²) in [5.41, 5.74) is 0.788. The van der Waals surface area contributed by atoms with Gasteiger partial charge in [-0.3, -0.25) is 4.98 Å². The zero-order chi connectivity index (χ0) is 8.39. The average molecular weight is 162 g/mol. The molecule has 12 heavy (non-hydrogen) atoms. The fourth-order valence-electron chi connectivity index (χ4n) is 0.953. The van der Waals surface area contributed by atoms with Gasteiger partial charge >= 0.3 is 5.97 Å². The Kier molecular flexibility index (Phi) is 1.59. The van der Waals surface area contributed by atoms with Crippen molar-refractivity contribution in [3.63, 3.8) is 0 Å². The Morgan fingerprint density at radius 3 is 2.67 bits per heavy atom. The van der Waals surface area contributed by atoms with Crippen LogP contribution in [0.5, 0.6) is 0 Å². The van der Waals surface area contributed by atoms with Crippen LogP contribution in [0, 0.1) is 0 Å². The molecule has 60 valence electrons. The van der Waals surface area contributed by atoms with Crippen molar-refractivity contribution in [2.75, 3.05) is 6.54 Å². The number of carbonyl (C=O) groups excluding carboxylic acids is 1. The molecule has 0 aromatic carbocycles. The molecular weight excluding hydrogens is 156 g/mol. The summed E-state index contributed by atoms with van der Waals surface area (Å²) >= 11 is 0. The second kappa shape index (κ2) is 2.73. The summed E-state index contributed by atoms with van der Waals surface area (Å²) < 4.78 is 4.83. The van der Waals surface area contributed by atoms with Crippen LogP contribution in [0.3, 0.4) is 0 Å². The Labute approximate surface area is 68.9 Å². The fourth-order valence-corrected chi connectivity index (χ4v) is 0.953. The minimum atomic E-state index is -0.304. The number of ether oxygens (including phenoxy) is 1. The van der Waals surface area contributed by atoms with Crippen LogP contribution >= 0.6 is 0 Å². The molecule has 0 unspecified atom stereocenters. The lowest BCUT2D eigenvalue weighted by molar-refractivity contribution is -0.132. The van der Waals surface area contributed by atoms with E-state index in [9.17, 15) is 4.79 Å². The van der Waals surface area contributed by atoms with Crippen LogP contribution in [0.4, 0.5) is 0 Å². The Morgan fingerprint density at radius 1 is 1.33 bits per heavy atom. The van der Waals surface area contributed by atoms with Crippen molar-refractivity contribution >= 4 is 11.9 Å². The third-order valence-corrected chi connectivity index (χ3v) is 1.49. The largest absolute Gasteiger partial charge is 0.406 e. The van der Waals surface area contributed by atoms with Gasteiger partial charge in [0.15, 0.2) is 0 Å². The second-order valence-electron chi connectivity index (χ2n) is 2.33. The molecule has 0 N–H and O–H groups in total. The smallest absolute Gasteiger partial charge is 0.334 e. The summed E-state index contributed by atoms with van der Waals surface area (Å²) in [6.45, 7) is 0.123. The maximum Gasteiger partial charge on any atom is 0.334 e. The molecular formula is C8H6N2O2. The summed E-state index contributed by atoms with van der Waals surface area (Å²) in [5, 5.41) is 0. The van der Waals surface area contributed by atoms with E-state index in [2.05, 4.69) is 9.98 Å². The molecule has 0 radical (unpaired) electrons. The van der Waals surface area contributed by atoms with Gasteiger partial charge in [0.2, 0.25) is 5.90 Å². The summed E-state index contributed by atoms with van der Waals surface area (Å²) in [7, 11) is 0. The Hall–Kier alpha value is -1.71. The van der Waals surface area contributed by atoms with E-state index in [0.717, 1.165) is 5.56 Å². The molecule has 1 aromatic rings. The van der Waals surface area contributed by atoms with Crippen molar-refractivity contribution in [2.24, 2.45) is 4.99 Å². The predicted molar refractivity (Wildman–Crippen MR) is 41.7 cm³/mol. The van der Waals surface area contributed by atoms with Gasteiger partial charge < -0.3 is 4.74 Å². The molecule has 0 atom stereocenters. The molecule has 4 heteroatoms. The minimum Gasteiger partial charge on any atom is -0.406 e. The molecule has 0 spiro atoms. The van der Waals surface area contributed by atoms with Crippen LogP contribution in [0.15, 0.2) is 29.5 Å². The van der Waals surface area contributed by atoms with Gasteiger partial charge in [0.05, 0.1) is 0 Å². The van der Waals surface area contributed by atoms with Crippen LogP contribution in [0.2, 0.25) is 0 Å². The van der Waals surface area contributed by atoms with Crippen LogP contribution in [0.25, 0.3) is 0 Å². The van der Waals surface area contributed by atoms with Crippen molar-refractivity contribution in [3.8, 4) is 0 Å². The monoisotopic (exact) mass is 162 g/mol. The number of nitrogens with zero attached hydrogens (tertiary/aromatic N) is 2. The third-order valence-electron chi connectivity index (χ3n) is 1.49. The number of hydrogen-bond donors (Lipinski definition) is 0. The summed E-state index contributed by atoms with van der Waals surface area (Å²) in [6.07, 6.45) is 3.26. The Morgan fingerprint density at radius 2 is 2.08 bits per heavy atom. The van der Waals surface area contributed by atoms with Gasteiger partial charge in [-0.2, -0.15) is 0 Å². The molecule has 4 nitrogen and oxygen atoms in total. The van der Waals surface area contributed by atoms with Crippen LogP contribution in [0.1, 0.15) is 5.56 Å². The zero-order valence-electron chi connectivity index (χ0n) is 6.23. The van der Waals surface area contributed by atoms with Crippen LogP contribution in [-0.2, 0) is 9.53 Å². The lowest BCUT2D eigenvalue weighted by atomic mass is 10.3. The van der Waals surface area contributed by atoms with E-state index < -0.39 is 0 Å². The number of esters is 1. The number of aromatic nitrogens is 1. The summed E-state index contributed by atoms with van der Waals surface area (Å²) in [6, 6.07) is 3.49. The lowest BCUT2D eigenvalue weighted by Gasteiger charge is -1.97. The molecule has 0 amide bonds. The highest BCUT2D eigenvalue weighted by atomic mass is 16.6. The Bertz CT molecular complexity index is 332. The maximum atomic E-state index is 10.7. The number of hydrogen-bond acceptors (Lipinski definition) is 4. The molecule has 1 aliphatic heterocycles. The summed E-state index contributed by atoms with van der Waals surface area (Å²) in [5.74, 6) is 0.0872. The normalized spacial score (nSPS) is 15.7. The SMILES string of the molecule is O=C1CN=C(c2ccncc2)O1. The molecule has 0 saturated carbocycles. The fraction of sp³-hybridized carbons (Fsp3) is 0.125. The number of rotatable bonds is 1. The van der Waals surface area contributed by atoms with E-state index in [4.69, 9.17) is 4.74 Å². The number of carbonyl (C=O) groups is 1. The van der Waals surface area contributed by atoms with Crippen molar-refractivity contribution in [2.45, 2.75) is 0 Å². The summed E-state index contributed by atoms with van der Waals surface area (Å²) in [4.78, 5) is 18.4. The number of aliphatic imine (C=N–C) groups is 1. The molecule has 1 aliphatic rings. The number of cyclic esters (lactones) is 1. The quantitative estimate of drug-likeness (QED) is 0.561. The first-order valence-corrected chi connectivity index (χ1v) is 3.52. The zero-order valence-corrected chi connectivity index (χ0v) is 6.23. The van der Waals surface area contributed by atoms with Crippen molar-refractivity contribution in [1.29, 1.82) is 0 Å². The first-order chi connectivity index (χ1) is 5.86. The lowest BCUT2D eigenvalue weighted by Crippen LogP contribution is -2.05. The highest BCUT2D eigenvalue weighted by molar-refractivity contribution is 6.04. The highest BCUT2D eigenvalue weighted by Crippen LogP contribution is 2.06. The highest BCUT2D eigenvalue weighted by Gasteiger charge is 2.16. The first kappa shape index (κ1) is 6.97. The van der Waals surface area contributed by atoms with Gasteiger partial charge in [-0.15, -0.1) is 0 Å². The van der Waals surface area contributed by atoms with E-state index in [1.807, 2.05) is 0 Å². The van der Waals surface area contributed by atoms with Crippen LogP contribution in [-0.4, -0.2) is 23.4 Å². The van der Waals surface area contributed by atoms with Gasteiger partial charge in [-0.1, -0.05) is 0 Å².